The zero-order valence-corrected chi connectivity index (χ0v) is 33.0. The highest BCUT2D eigenvalue weighted by molar-refractivity contribution is 7.26. The number of hydrogen-bond acceptors (Lipinski definition) is 2. The van der Waals surface area contributed by atoms with Crippen LogP contribution in [0.1, 0.15) is 22.3 Å². The number of anilines is 3. The van der Waals surface area contributed by atoms with E-state index >= 15 is 0 Å². The smallest absolute Gasteiger partial charge is 0.0713 e. The van der Waals surface area contributed by atoms with Gasteiger partial charge in [0, 0.05) is 36.9 Å². The van der Waals surface area contributed by atoms with Crippen LogP contribution in [-0.2, 0) is 5.41 Å². The van der Waals surface area contributed by atoms with Crippen molar-refractivity contribution in [2.45, 2.75) is 5.41 Å². The topological polar surface area (TPSA) is 3.24 Å². The number of thiophene rings is 1. The van der Waals surface area contributed by atoms with E-state index in [-0.39, 0.29) is 0 Å². The average Bonchev–Trinajstić information content (AvgIpc) is 3.84. The fraction of sp³-hybridized carbons (Fsp3) is 0.0175. The van der Waals surface area contributed by atoms with Gasteiger partial charge in [-0.15, -0.1) is 11.3 Å². The molecule has 1 heterocycles. The second kappa shape index (κ2) is 13.4. The van der Waals surface area contributed by atoms with Crippen molar-refractivity contribution in [2.24, 2.45) is 0 Å². The van der Waals surface area contributed by atoms with Gasteiger partial charge in [-0.25, -0.2) is 0 Å². The summed E-state index contributed by atoms with van der Waals surface area (Å²) in [5.41, 5.74) is 13.1. The molecule has 0 aliphatic heterocycles. The van der Waals surface area contributed by atoms with E-state index in [1.54, 1.807) is 0 Å². The zero-order chi connectivity index (χ0) is 38.9. The van der Waals surface area contributed by atoms with Gasteiger partial charge in [0.15, 0.2) is 0 Å². The van der Waals surface area contributed by atoms with Gasteiger partial charge in [0.05, 0.1) is 11.1 Å². The van der Waals surface area contributed by atoms with E-state index in [9.17, 15) is 0 Å². The Hall–Kier alpha value is -7.26. The number of fused-ring (bicyclic) bond motifs is 9. The van der Waals surface area contributed by atoms with Crippen molar-refractivity contribution >= 4 is 70.1 Å². The summed E-state index contributed by atoms with van der Waals surface area (Å²) >= 11 is 1.88. The molecule has 0 atom stereocenters. The second-order valence-electron chi connectivity index (χ2n) is 15.6. The van der Waals surface area contributed by atoms with Gasteiger partial charge < -0.3 is 4.90 Å². The molecule has 0 radical (unpaired) electrons. The molecule has 276 valence electrons. The summed E-state index contributed by atoms with van der Waals surface area (Å²) in [4.78, 5) is 2.47. The lowest BCUT2D eigenvalue weighted by molar-refractivity contribution is 0.768. The Kier molecular flexibility index (Phi) is 7.69. The van der Waals surface area contributed by atoms with E-state index in [1.807, 2.05) is 11.3 Å². The van der Waals surface area contributed by atoms with Gasteiger partial charge in [0.2, 0.25) is 0 Å². The zero-order valence-electron chi connectivity index (χ0n) is 32.2. The van der Waals surface area contributed by atoms with Crippen LogP contribution < -0.4 is 4.90 Å². The lowest BCUT2D eigenvalue weighted by atomic mass is 9.68. The van der Waals surface area contributed by atoms with Crippen LogP contribution in [0.2, 0.25) is 0 Å². The quantitative estimate of drug-likeness (QED) is 0.152. The number of hydrogen-bond donors (Lipinski definition) is 0. The maximum Gasteiger partial charge on any atom is 0.0713 e. The lowest BCUT2D eigenvalue weighted by Crippen LogP contribution is -2.28. The lowest BCUT2D eigenvalue weighted by Gasteiger charge is -2.34. The predicted molar refractivity (Wildman–Crippen MR) is 252 cm³/mol. The van der Waals surface area contributed by atoms with E-state index in [0.29, 0.717) is 0 Å². The summed E-state index contributed by atoms with van der Waals surface area (Å²) in [7, 11) is 0. The molecule has 1 aromatic heterocycles. The molecule has 0 N–H and O–H groups in total. The first-order chi connectivity index (χ1) is 29.3. The minimum atomic E-state index is -0.462. The van der Waals surface area contributed by atoms with Crippen LogP contribution in [0.5, 0.6) is 0 Å². The third kappa shape index (κ3) is 5.10. The third-order valence-electron chi connectivity index (χ3n) is 12.5. The molecule has 1 aliphatic carbocycles. The largest absolute Gasteiger partial charge is 0.310 e. The molecule has 0 bridgehead atoms. The molecular formula is C57H37NS. The fourth-order valence-electron chi connectivity index (χ4n) is 10.0. The van der Waals surface area contributed by atoms with Crippen molar-refractivity contribution in [2.75, 3.05) is 4.90 Å². The number of nitrogens with zero attached hydrogens (tertiary/aromatic N) is 1. The summed E-state index contributed by atoms with van der Waals surface area (Å²) in [5, 5.41) is 7.56. The molecule has 1 aliphatic rings. The highest BCUT2D eigenvalue weighted by atomic mass is 32.1. The second-order valence-corrected chi connectivity index (χ2v) is 16.6. The molecule has 0 fully saturated rings. The van der Waals surface area contributed by atoms with Crippen molar-refractivity contribution < 1.29 is 0 Å². The highest BCUT2D eigenvalue weighted by Crippen LogP contribution is 2.56. The van der Waals surface area contributed by atoms with E-state index < -0.39 is 5.41 Å². The van der Waals surface area contributed by atoms with Gasteiger partial charge in [0.1, 0.15) is 0 Å². The molecule has 0 spiro atoms. The number of benzene rings is 10. The monoisotopic (exact) mass is 767 g/mol. The normalized spacial score (nSPS) is 12.9. The molecule has 0 amide bonds. The average molecular weight is 768 g/mol. The maximum atomic E-state index is 2.47. The number of rotatable bonds is 6. The van der Waals surface area contributed by atoms with Crippen LogP contribution in [0.15, 0.2) is 224 Å². The maximum absolute atomic E-state index is 2.47. The van der Waals surface area contributed by atoms with Crippen molar-refractivity contribution in [3.8, 4) is 22.3 Å². The van der Waals surface area contributed by atoms with E-state index in [0.717, 1.165) is 17.1 Å². The summed E-state index contributed by atoms with van der Waals surface area (Å²) in [6, 6.07) is 83.1. The van der Waals surface area contributed by atoms with Crippen LogP contribution in [-0.4, -0.2) is 0 Å². The van der Waals surface area contributed by atoms with Crippen molar-refractivity contribution in [3.63, 3.8) is 0 Å². The Morgan fingerprint density at radius 1 is 0.356 bits per heavy atom. The van der Waals surface area contributed by atoms with Crippen LogP contribution in [0.3, 0.4) is 0 Å². The summed E-state index contributed by atoms with van der Waals surface area (Å²) in [6.07, 6.45) is 0. The van der Waals surface area contributed by atoms with Crippen molar-refractivity contribution in [1.29, 1.82) is 0 Å². The molecule has 59 heavy (non-hydrogen) atoms. The summed E-state index contributed by atoms with van der Waals surface area (Å²) in [6.45, 7) is 0. The fourth-order valence-corrected chi connectivity index (χ4v) is 11.2. The van der Waals surface area contributed by atoms with Gasteiger partial charge in [-0.2, -0.15) is 0 Å². The molecular weight excluding hydrogens is 731 g/mol. The van der Waals surface area contributed by atoms with Crippen LogP contribution >= 0.6 is 11.3 Å². The van der Waals surface area contributed by atoms with E-state index in [4.69, 9.17) is 0 Å². The minimum absolute atomic E-state index is 0.462. The standard InChI is InChI=1S/C57H37NS/c1-2-18-40(19-3-1)57(52-29-11-8-23-47(52)48-24-9-12-30-53(48)57)41-32-34-42(35-33-41)58(54-37-39-16-4-5-21-44(39)46-22-6-7-25-49(46)54)43-20-14-17-38(36-43)45-27-15-28-51-50-26-10-13-31-55(50)59-56(45)51/h1-37H. The molecule has 0 saturated heterocycles. The minimum Gasteiger partial charge on any atom is -0.310 e. The Bertz CT molecular complexity index is 3350. The van der Waals surface area contributed by atoms with Gasteiger partial charge in [0.25, 0.3) is 0 Å². The molecule has 11 aromatic rings. The summed E-state index contributed by atoms with van der Waals surface area (Å²) in [5.74, 6) is 0. The SMILES string of the molecule is c1ccc(C2(c3ccc(N(c4cccc(-c5cccc6c5sc5ccccc56)c4)c4cc5ccccc5c5ccccc45)cc3)c3ccccc3-c3ccccc32)cc1. The van der Waals surface area contributed by atoms with Gasteiger partial charge in [-0.05, 0) is 97.1 Å². The van der Waals surface area contributed by atoms with Crippen LogP contribution in [0.4, 0.5) is 17.1 Å². The molecule has 0 saturated carbocycles. The molecule has 2 heteroatoms. The Labute approximate surface area is 347 Å². The summed E-state index contributed by atoms with van der Waals surface area (Å²) < 4.78 is 2.64. The predicted octanol–water partition coefficient (Wildman–Crippen LogP) is 15.9. The van der Waals surface area contributed by atoms with Gasteiger partial charge in [-0.1, -0.05) is 188 Å². The Morgan fingerprint density at radius 2 is 0.932 bits per heavy atom. The van der Waals surface area contributed by atoms with Gasteiger partial charge in [-0.3, -0.25) is 0 Å². The van der Waals surface area contributed by atoms with E-state index in [1.165, 1.54) is 86.2 Å². The Morgan fingerprint density at radius 3 is 1.71 bits per heavy atom. The van der Waals surface area contributed by atoms with Crippen LogP contribution in [0.25, 0.3) is 64.0 Å². The molecule has 0 unspecified atom stereocenters. The molecule has 10 aromatic carbocycles. The molecule has 1 nitrogen and oxygen atoms in total. The highest BCUT2D eigenvalue weighted by Gasteiger charge is 2.45. The van der Waals surface area contributed by atoms with Crippen molar-refractivity contribution in [3.05, 3.63) is 247 Å². The van der Waals surface area contributed by atoms with E-state index in [2.05, 4.69) is 229 Å². The van der Waals surface area contributed by atoms with Gasteiger partial charge >= 0.3 is 0 Å². The van der Waals surface area contributed by atoms with Crippen LogP contribution in [0, 0.1) is 0 Å². The first-order valence-electron chi connectivity index (χ1n) is 20.3. The first-order valence-corrected chi connectivity index (χ1v) is 21.2. The Balaban J connectivity index is 1.09. The third-order valence-corrected chi connectivity index (χ3v) is 13.7. The van der Waals surface area contributed by atoms with Crippen molar-refractivity contribution in [1.82, 2.24) is 0 Å². The molecule has 12 rings (SSSR count). The first kappa shape index (κ1) is 33.8.